The summed E-state index contributed by atoms with van der Waals surface area (Å²) in [5, 5.41) is 0.858. The first kappa shape index (κ1) is 12.4. The van der Waals surface area contributed by atoms with E-state index in [1.54, 1.807) is 0 Å². The predicted molar refractivity (Wildman–Crippen MR) is 65.6 cm³/mol. The van der Waals surface area contributed by atoms with Crippen LogP contribution in [-0.4, -0.2) is 4.57 Å². The molecule has 1 radical (unpaired) electrons. The van der Waals surface area contributed by atoms with Gasteiger partial charge in [-0.2, -0.15) is 0 Å². The standard InChI is InChI=1S/C14H14NO.Re/c1-9-8-15-10(2)6-7-11-4-3-5-12(13(11)15)14(9)16;/h3-5,8H,6-7H2,1-2H3;/q-1;. The number of hydrogen-bond donors (Lipinski definition) is 0. The van der Waals surface area contributed by atoms with Crippen LogP contribution in [0.25, 0.3) is 10.9 Å². The molecule has 2 heterocycles. The third kappa shape index (κ3) is 1.74. The fourth-order valence-electron chi connectivity index (χ4n) is 2.53. The zero-order valence-electron chi connectivity index (χ0n) is 9.96. The van der Waals surface area contributed by atoms with Crippen LogP contribution in [0.4, 0.5) is 0 Å². The van der Waals surface area contributed by atoms with E-state index in [0.717, 1.165) is 29.3 Å². The van der Waals surface area contributed by atoms with Crippen LogP contribution in [0.3, 0.4) is 0 Å². The van der Waals surface area contributed by atoms with E-state index in [9.17, 15) is 4.79 Å². The summed E-state index contributed by atoms with van der Waals surface area (Å²) < 4.78 is 2.19. The van der Waals surface area contributed by atoms with Crippen LogP contribution in [-0.2, 0) is 26.8 Å². The Hall–Kier alpha value is -1.04. The maximum absolute atomic E-state index is 12.1. The number of nitrogens with zero attached hydrogens (tertiary/aromatic N) is 1. The molecule has 0 N–H and O–H groups in total. The number of aromatic nitrogens is 1. The van der Waals surface area contributed by atoms with Crippen molar-refractivity contribution in [1.29, 1.82) is 0 Å². The van der Waals surface area contributed by atoms with Gasteiger partial charge >= 0.3 is 0 Å². The average molecular weight is 398 g/mol. The topological polar surface area (TPSA) is 22.0 Å². The number of pyridine rings is 1. The Kier molecular flexibility index (Phi) is 3.16. The third-order valence-corrected chi connectivity index (χ3v) is 3.45. The van der Waals surface area contributed by atoms with E-state index in [1.807, 2.05) is 25.3 Å². The Bertz CT molecular complexity index is 630. The van der Waals surface area contributed by atoms with Crippen molar-refractivity contribution in [2.45, 2.75) is 26.7 Å². The predicted octanol–water partition coefficient (Wildman–Crippen LogP) is 2.65. The normalized spacial score (nSPS) is 13.6. The largest absolute Gasteiger partial charge is 0.481 e. The van der Waals surface area contributed by atoms with E-state index in [0.29, 0.717) is 0 Å². The molecule has 2 aromatic rings. The van der Waals surface area contributed by atoms with Gasteiger partial charge in [0.1, 0.15) is 0 Å². The Morgan fingerprint density at radius 2 is 2.12 bits per heavy atom. The molecule has 0 saturated heterocycles. The summed E-state index contributed by atoms with van der Waals surface area (Å²) in [4.78, 5) is 12.1. The van der Waals surface area contributed by atoms with E-state index < -0.39 is 0 Å². The minimum absolute atomic E-state index is 0. The van der Waals surface area contributed by atoms with Gasteiger partial charge in [0.2, 0.25) is 0 Å². The molecule has 2 nitrogen and oxygen atoms in total. The molecule has 89 valence electrons. The number of aryl methyl sites for hydroxylation is 2. The second-order valence-electron chi connectivity index (χ2n) is 4.56. The molecule has 3 rings (SSSR count). The Morgan fingerprint density at radius 1 is 1.35 bits per heavy atom. The summed E-state index contributed by atoms with van der Waals surface area (Å²) in [6, 6.07) is 7.37. The average Bonchev–Trinajstić information content (AvgIpc) is 2.29. The third-order valence-electron chi connectivity index (χ3n) is 3.45. The van der Waals surface area contributed by atoms with Gasteiger partial charge < -0.3 is 4.57 Å². The molecule has 0 unspecified atom stereocenters. The summed E-state index contributed by atoms with van der Waals surface area (Å²) in [6.07, 6.45) is 4.10. The molecule has 0 spiro atoms. The summed E-state index contributed by atoms with van der Waals surface area (Å²) in [7, 11) is 0. The van der Waals surface area contributed by atoms with Crippen LogP contribution in [0.2, 0.25) is 0 Å². The molecule has 1 aliphatic heterocycles. The number of benzene rings is 1. The molecule has 0 atom stereocenters. The van der Waals surface area contributed by atoms with Crippen molar-refractivity contribution in [3.63, 3.8) is 0 Å². The first-order valence-corrected chi connectivity index (χ1v) is 5.65. The fraction of sp³-hybridized carbons (Fsp3) is 0.286. The molecular weight excluding hydrogens is 384 g/mol. The number of hydrogen-bond acceptors (Lipinski definition) is 1. The zero-order chi connectivity index (χ0) is 11.3. The summed E-state index contributed by atoms with van der Waals surface area (Å²) in [5.41, 5.74) is 3.40. The van der Waals surface area contributed by atoms with Crippen molar-refractivity contribution in [3.05, 3.63) is 51.8 Å². The van der Waals surface area contributed by atoms with Crippen molar-refractivity contribution in [3.8, 4) is 0 Å². The summed E-state index contributed by atoms with van der Waals surface area (Å²) in [5.74, 6) is 0. The minimum atomic E-state index is 0. The van der Waals surface area contributed by atoms with Crippen molar-refractivity contribution in [2.24, 2.45) is 0 Å². The van der Waals surface area contributed by atoms with E-state index in [2.05, 4.69) is 17.6 Å². The molecule has 0 aliphatic carbocycles. The second kappa shape index (κ2) is 4.33. The van der Waals surface area contributed by atoms with Crippen molar-refractivity contribution in [2.75, 3.05) is 0 Å². The van der Waals surface area contributed by atoms with Gasteiger partial charge in [0, 0.05) is 20.4 Å². The molecule has 1 aliphatic rings. The van der Waals surface area contributed by atoms with Crippen LogP contribution in [0, 0.1) is 13.0 Å². The van der Waals surface area contributed by atoms with E-state index in [-0.39, 0.29) is 25.9 Å². The van der Waals surface area contributed by atoms with Crippen molar-refractivity contribution in [1.82, 2.24) is 4.57 Å². The van der Waals surface area contributed by atoms with Gasteiger partial charge in [-0.3, -0.25) is 4.79 Å². The molecule has 0 amide bonds. The second-order valence-corrected chi connectivity index (χ2v) is 4.56. The van der Waals surface area contributed by atoms with Crippen LogP contribution in [0.1, 0.15) is 24.5 Å². The van der Waals surface area contributed by atoms with E-state index in [1.165, 1.54) is 11.6 Å². The maximum Gasteiger partial charge on any atom is 0.168 e. The molecule has 0 bridgehead atoms. The van der Waals surface area contributed by atoms with Gasteiger partial charge in [-0.1, -0.05) is 43.3 Å². The molecule has 1 aromatic carbocycles. The van der Waals surface area contributed by atoms with Gasteiger partial charge in [-0.25, -0.2) is 0 Å². The molecule has 0 saturated carbocycles. The zero-order valence-corrected chi connectivity index (χ0v) is 12.7. The first-order chi connectivity index (χ1) is 7.68. The number of para-hydroxylation sites is 1. The number of rotatable bonds is 0. The van der Waals surface area contributed by atoms with E-state index in [4.69, 9.17) is 0 Å². The maximum atomic E-state index is 12.1. The quantitative estimate of drug-likeness (QED) is 0.626. The molecule has 0 fully saturated rings. The van der Waals surface area contributed by atoms with E-state index >= 15 is 0 Å². The smallest absolute Gasteiger partial charge is 0.168 e. The van der Waals surface area contributed by atoms with Crippen LogP contribution in [0.15, 0.2) is 29.2 Å². The Labute approximate surface area is 114 Å². The van der Waals surface area contributed by atoms with Gasteiger partial charge in [0.15, 0.2) is 5.43 Å². The Balaban J connectivity index is 0.00000108. The van der Waals surface area contributed by atoms with Crippen molar-refractivity contribution < 1.29 is 20.4 Å². The molecule has 1 aromatic heterocycles. The first-order valence-electron chi connectivity index (χ1n) is 5.65. The molecular formula is C14H14NORe-. The molecule has 3 heteroatoms. The van der Waals surface area contributed by atoms with Crippen LogP contribution < -0.4 is 5.43 Å². The minimum Gasteiger partial charge on any atom is -0.481 e. The van der Waals surface area contributed by atoms with Gasteiger partial charge in [-0.15, -0.1) is 6.04 Å². The van der Waals surface area contributed by atoms with Crippen LogP contribution >= 0.6 is 0 Å². The monoisotopic (exact) mass is 399 g/mol. The summed E-state index contributed by atoms with van der Waals surface area (Å²) in [6.45, 7) is 4.03. The van der Waals surface area contributed by atoms with Crippen molar-refractivity contribution >= 4 is 10.9 Å². The molecule has 17 heavy (non-hydrogen) atoms. The Morgan fingerprint density at radius 3 is 2.88 bits per heavy atom. The summed E-state index contributed by atoms with van der Waals surface area (Å²) >= 11 is 0. The van der Waals surface area contributed by atoms with Gasteiger partial charge in [0.25, 0.3) is 0 Å². The van der Waals surface area contributed by atoms with Gasteiger partial charge in [-0.05, 0) is 29.8 Å². The fourth-order valence-corrected chi connectivity index (χ4v) is 2.53. The van der Waals surface area contributed by atoms with Gasteiger partial charge in [0.05, 0.1) is 0 Å². The van der Waals surface area contributed by atoms with Crippen LogP contribution in [0.5, 0.6) is 0 Å². The SMILES string of the molecule is Cc1cn2c3c(cccc3c1=O)CC[C-]2C.[Re].